The molecule has 4 nitrogen and oxygen atoms in total. The van der Waals surface area contributed by atoms with Crippen LogP contribution in [0.25, 0.3) is 0 Å². The Balaban J connectivity index is 1.47. The van der Waals surface area contributed by atoms with Crippen molar-refractivity contribution >= 4 is 21.8 Å². The van der Waals surface area contributed by atoms with Gasteiger partial charge < -0.3 is 15.4 Å². The minimum absolute atomic E-state index is 0.165. The van der Waals surface area contributed by atoms with Crippen LogP contribution >= 0.6 is 15.9 Å². The third-order valence-electron chi connectivity index (χ3n) is 4.75. The maximum atomic E-state index is 12.2. The van der Waals surface area contributed by atoms with Gasteiger partial charge in [0.05, 0.1) is 11.6 Å². The Morgan fingerprint density at radius 3 is 2.73 bits per heavy atom. The highest BCUT2D eigenvalue weighted by atomic mass is 79.9. The number of carbonyl (C=O) groups is 1. The molecule has 2 aliphatic heterocycles. The van der Waals surface area contributed by atoms with E-state index in [0.29, 0.717) is 31.0 Å². The molecule has 2 heterocycles. The Morgan fingerprint density at radius 1 is 1.36 bits per heavy atom. The van der Waals surface area contributed by atoms with Crippen molar-refractivity contribution in [2.45, 2.75) is 50.7 Å². The standard InChI is InChI=1S/C17H23BrN2O2/c1-22-16-5-2-11(8-15(16)18)10-19-17(21)9-12-6-13-3-4-14(7-12)20-13/h2,5,8,12-14,20H,3-4,6-7,9-10H2,1H3,(H,19,21). The number of benzene rings is 1. The average Bonchev–Trinajstić information content (AvgIpc) is 2.84. The fraction of sp³-hybridized carbons (Fsp3) is 0.588. The van der Waals surface area contributed by atoms with Gasteiger partial charge in [-0.1, -0.05) is 6.07 Å². The topological polar surface area (TPSA) is 50.4 Å². The van der Waals surface area contributed by atoms with Gasteiger partial charge in [-0.2, -0.15) is 0 Å². The van der Waals surface area contributed by atoms with Crippen LogP contribution in [0, 0.1) is 5.92 Å². The normalized spacial score (nSPS) is 26.7. The molecular formula is C17H23BrN2O2. The fourth-order valence-corrected chi connectivity index (χ4v) is 4.28. The molecule has 5 heteroatoms. The summed E-state index contributed by atoms with van der Waals surface area (Å²) in [5.41, 5.74) is 1.08. The maximum Gasteiger partial charge on any atom is 0.220 e. The second-order valence-electron chi connectivity index (χ2n) is 6.43. The molecule has 2 atom stereocenters. The molecule has 0 radical (unpaired) electrons. The van der Waals surface area contributed by atoms with E-state index in [1.807, 2.05) is 18.2 Å². The van der Waals surface area contributed by atoms with Gasteiger partial charge in [-0.15, -0.1) is 0 Å². The predicted octanol–water partition coefficient (Wildman–Crippen LogP) is 2.99. The molecule has 0 spiro atoms. The number of amides is 1. The van der Waals surface area contributed by atoms with Crippen LogP contribution in [0.15, 0.2) is 22.7 Å². The van der Waals surface area contributed by atoms with Gasteiger partial charge in [-0.25, -0.2) is 0 Å². The van der Waals surface area contributed by atoms with E-state index in [4.69, 9.17) is 4.74 Å². The molecule has 2 N–H and O–H groups in total. The summed E-state index contributed by atoms with van der Waals surface area (Å²) >= 11 is 3.47. The number of rotatable bonds is 5. The Labute approximate surface area is 140 Å². The SMILES string of the molecule is COc1ccc(CNC(=O)CC2CC3CCC(C2)N3)cc1Br. The van der Waals surface area contributed by atoms with E-state index >= 15 is 0 Å². The number of nitrogens with one attached hydrogen (secondary N) is 2. The van der Waals surface area contributed by atoms with Crippen molar-refractivity contribution in [1.82, 2.24) is 10.6 Å². The van der Waals surface area contributed by atoms with Crippen molar-refractivity contribution in [3.63, 3.8) is 0 Å². The molecular weight excluding hydrogens is 344 g/mol. The minimum Gasteiger partial charge on any atom is -0.496 e. The molecule has 120 valence electrons. The number of fused-ring (bicyclic) bond motifs is 2. The predicted molar refractivity (Wildman–Crippen MR) is 89.8 cm³/mol. The lowest BCUT2D eigenvalue weighted by Crippen LogP contribution is -2.39. The lowest BCUT2D eigenvalue weighted by atomic mass is 9.89. The van der Waals surface area contributed by atoms with Crippen LogP contribution in [-0.4, -0.2) is 25.1 Å². The molecule has 0 saturated carbocycles. The zero-order chi connectivity index (χ0) is 15.5. The number of piperidine rings is 1. The van der Waals surface area contributed by atoms with Crippen LogP contribution in [0.1, 0.15) is 37.7 Å². The first-order valence-electron chi connectivity index (χ1n) is 7.99. The summed E-state index contributed by atoms with van der Waals surface area (Å²) in [5, 5.41) is 6.66. The van der Waals surface area contributed by atoms with E-state index in [9.17, 15) is 4.79 Å². The second kappa shape index (κ2) is 7.01. The first-order valence-corrected chi connectivity index (χ1v) is 8.78. The van der Waals surface area contributed by atoms with Crippen molar-refractivity contribution in [2.75, 3.05) is 7.11 Å². The zero-order valence-corrected chi connectivity index (χ0v) is 14.5. The maximum absolute atomic E-state index is 12.2. The number of methoxy groups -OCH3 is 1. The monoisotopic (exact) mass is 366 g/mol. The van der Waals surface area contributed by atoms with E-state index in [-0.39, 0.29) is 5.91 Å². The zero-order valence-electron chi connectivity index (χ0n) is 12.9. The first-order chi connectivity index (χ1) is 10.6. The Kier molecular flexibility index (Phi) is 5.03. The first kappa shape index (κ1) is 15.8. The number of carbonyl (C=O) groups excluding carboxylic acids is 1. The van der Waals surface area contributed by atoms with Crippen molar-refractivity contribution in [2.24, 2.45) is 5.92 Å². The molecule has 2 bridgehead atoms. The molecule has 1 amide bonds. The molecule has 2 unspecified atom stereocenters. The van der Waals surface area contributed by atoms with Gasteiger partial charge in [0.1, 0.15) is 5.75 Å². The average molecular weight is 367 g/mol. The summed E-state index contributed by atoms with van der Waals surface area (Å²) in [5.74, 6) is 1.51. The summed E-state index contributed by atoms with van der Waals surface area (Å²) in [6, 6.07) is 7.18. The summed E-state index contributed by atoms with van der Waals surface area (Å²) < 4.78 is 6.13. The number of hydrogen-bond donors (Lipinski definition) is 2. The quantitative estimate of drug-likeness (QED) is 0.841. The van der Waals surface area contributed by atoms with Crippen LogP contribution in [0.5, 0.6) is 5.75 Å². The number of hydrogen-bond acceptors (Lipinski definition) is 3. The van der Waals surface area contributed by atoms with Gasteiger partial charge >= 0.3 is 0 Å². The van der Waals surface area contributed by atoms with Gasteiger partial charge in [0.25, 0.3) is 0 Å². The molecule has 0 aromatic heterocycles. The fourth-order valence-electron chi connectivity index (χ4n) is 3.70. The van der Waals surface area contributed by atoms with Crippen molar-refractivity contribution < 1.29 is 9.53 Å². The summed E-state index contributed by atoms with van der Waals surface area (Å²) in [4.78, 5) is 12.2. The van der Waals surface area contributed by atoms with E-state index in [0.717, 1.165) is 28.6 Å². The third-order valence-corrected chi connectivity index (χ3v) is 5.37. The minimum atomic E-state index is 0.165. The highest BCUT2D eigenvalue weighted by Crippen LogP contribution is 2.32. The van der Waals surface area contributed by atoms with Gasteiger partial charge in [-0.3, -0.25) is 4.79 Å². The molecule has 3 rings (SSSR count). The van der Waals surface area contributed by atoms with E-state index in [2.05, 4.69) is 26.6 Å². The Bertz CT molecular complexity index is 537. The molecule has 1 aromatic rings. The van der Waals surface area contributed by atoms with Crippen LogP contribution in [0.3, 0.4) is 0 Å². The molecule has 1 aromatic carbocycles. The van der Waals surface area contributed by atoms with Crippen LogP contribution in [0.4, 0.5) is 0 Å². The van der Waals surface area contributed by atoms with Crippen LogP contribution < -0.4 is 15.4 Å². The largest absolute Gasteiger partial charge is 0.496 e. The number of ether oxygens (including phenoxy) is 1. The Hall–Kier alpha value is -1.07. The van der Waals surface area contributed by atoms with Crippen molar-refractivity contribution in [3.8, 4) is 5.75 Å². The lowest BCUT2D eigenvalue weighted by molar-refractivity contribution is -0.122. The molecule has 0 aliphatic carbocycles. The van der Waals surface area contributed by atoms with Gasteiger partial charge in [0, 0.05) is 25.0 Å². The number of halogens is 1. The summed E-state index contributed by atoms with van der Waals surface area (Å²) in [6.45, 7) is 0.569. The molecule has 2 saturated heterocycles. The van der Waals surface area contributed by atoms with Gasteiger partial charge in [0.15, 0.2) is 0 Å². The van der Waals surface area contributed by atoms with E-state index < -0.39 is 0 Å². The van der Waals surface area contributed by atoms with Crippen LogP contribution in [-0.2, 0) is 11.3 Å². The van der Waals surface area contributed by atoms with E-state index in [1.165, 1.54) is 12.8 Å². The molecule has 2 aliphatic rings. The third kappa shape index (κ3) is 3.82. The van der Waals surface area contributed by atoms with Crippen molar-refractivity contribution in [1.29, 1.82) is 0 Å². The van der Waals surface area contributed by atoms with Gasteiger partial charge in [0.2, 0.25) is 5.91 Å². The lowest BCUT2D eigenvalue weighted by Gasteiger charge is -2.28. The molecule has 22 heavy (non-hydrogen) atoms. The smallest absolute Gasteiger partial charge is 0.220 e. The van der Waals surface area contributed by atoms with Gasteiger partial charge in [-0.05, 0) is 65.2 Å². The Morgan fingerprint density at radius 2 is 2.09 bits per heavy atom. The highest BCUT2D eigenvalue weighted by Gasteiger charge is 2.34. The van der Waals surface area contributed by atoms with E-state index in [1.54, 1.807) is 7.11 Å². The highest BCUT2D eigenvalue weighted by molar-refractivity contribution is 9.10. The summed E-state index contributed by atoms with van der Waals surface area (Å²) in [6.07, 6.45) is 5.52. The summed E-state index contributed by atoms with van der Waals surface area (Å²) in [7, 11) is 1.65. The molecule has 2 fully saturated rings. The van der Waals surface area contributed by atoms with Crippen molar-refractivity contribution in [3.05, 3.63) is 28.2 Å². The van der Waals surface area contributed by atoms with Crippen LogP contribution in [0.2, 0.25) is 0 Å². The second-order valence-corrected chi connectivity index (χ2v) is 7.28.